The van der Waals surface area contributed by atoms with Gasteiger partial charge in [0.25, 0.3) is 0 Å². The molecule has 21 heavy (non-hydrogen) atoms. The number of aliphatic carboxylic acids is 1. The first kappa shape index (κ1) is 14.2. The molecule has 0 spiro atoms. The molecule has 3 amide bonds. The van der Waals surface area contributed by atoms with Crippen molar-refractivity contribution in [3.8, 4) is 0 Å². The third-order valence-corrected chi connectivity index (χ3v) is 5.09. The summed E-state index contributed by atoms with van der Waals surface area (Å²) in [4.78, 5) is 34.4. The van der Waals surface area contributed by atoms with E-state index < -0.39 is 11.9 Å². The van der Waals surface area contributed by atoms with Crippen molar-refractivity contribution in [3.63, 3.8) is 0 Å². The smallest absolute Gasteiger partial charge is 0.315 e. The van der Waals surface area contributed by atoms with E-state index in [1.165, 1.54) is 0 Å². The van der Waals surface area contributed by atoms with Gasteiger partial charge in [-0.25, -0.2) is 4.79 Å². The van der Waals surface area contributed by atoms with Crippen LogP contribution in [0.25, 0.3) is 0 Å². The number of carbonyl (C=O) groups excluding carboxylic acids is 2. The topological polar surface area (TPSA) is 108 Å². The van der Waals surface area contributed by atoms with Gasteiger partial charge >= 0.3 is 12.0 Å². The molecule has 3 aliphatic rings. The Morgan fingerprint density at radius 2 is 2.00 bits per heavy atom. The van der Waals surface area contributed by atoms with Gasteiger partial charge in [0.05, 0.1) is 5.92 Å². The third kappa shape index (κ3) is 2.82. The molecule has 2 saturated carbocycles. The molecule has 4 N–H and O–H groups in total. The second kappa shape index (κ2) is 5.54. The minimum absolute atomic E-state index is 0.0150. The number of rotatable bonds is 4. The molecule has 3 fully saturated rings. The number of carboxylic acids is 1. The third-order valence-electron chi connectivity index (χ3n) is 5.09. The molecule has 1 aliphatic heterocycles. The predicted octanol–water partition coefficient (Wildman–Crippen LogP) is 0.0635. The van der Waals surface area contributed by atoms with E-state index in [9.17, 15) is 19.5 Å². The lowest BCUT2D eigenvalue weighted by molar-refractivity contribution is -0.144. The molecule has 7 heteroatoms. The van der Waals surface area contributed by atoms with E-state index >= 15 is 0 Å². The van der Waals surface area contributed by atoms with Crippen LogP contribution in [-0.4, -0.2) is 41.6 Å². The highest BCUT2D eigenvalue weighted by molar-refractivity contribution is 5.79. The molecule has 7 nitrogen and oxygen atoms in total. The Balaban J connectivity index is 1.50. The Morgan fingerprint density at radius 1 is 1.24 bits per heavy atom. The molecule has 0 aromatic rings. The maximum absolute atomic E-state index is 12.0. The van der Waals surface area contributed by atoms with Crippen LogP contribution in [-0.2, 0) is 9.59 Å². The van der Waals surface area contributed by atoms with Crippen molar-refractivity contribution < 1.29 is 19.5 Å². The van der Waals surface area contributed by atoms with Crippen molar-refractivity contribution in [1.82, 2.24) is 16.0 Å². The Morgan fingerprint density at radius 3 is 2.67 bits per heavy atom. The molecule has 1 saturated heterocycles. The van der Waals surface area contributed by atoms with Crippen LogP contribution in [0.4, 0.5) is 4.79 Å². The average Bonchev–Trinajstić information content (AvgIpc) is 3.11. The molecule has 2 bridgehead atoms. The summed E-state index contributed by atoms with van der Waals surface area (Å²) in [5.74, 6) is -0.766. The largest absolute Gasteiger partial charge is 0.481 e. The lowest BCUT2D eigenvalue weighted by atomic mass is 9.84. The monoisotopic (exact) mass is 295 g/mol. The van der Waals surface area contributed by atoms with Gasteiger partial charge in [0.1, 0.15) is 0 Å². The summed E-state index contributed by atoms with van der Waals surface area (Å²) in [6.45, 7) is 0.385. The fourth-order valence-corrected chi connectivity index (χ4v) is 4.10. The van der Waals surface area contributed by atoms with Crippen LogP contribution >= 0.6 is 0 Å². The van der Waals surface area contributed by atoms with Gasteiger partial charge in [-0.05, 0) is 37.5 Å². The number of fused-ring (bicyclic) bond motifs is 2. The van der Waals surface area contributed by atoms with E-state index in [1.807, 2.05) is 0 Å². The Bertz CT molecular complexity index is 467. The molecule has 3 rings (SSSR count). The van der Waals surface area contributed by atoms with Crippen LogP contribution in [0.5, 0.6) is 0 Å². The van der Waals surface area contributed by atoms with Crippen molar-refractivity contribution in [2.24, 2.45) is 17.8 Å². The SMILES string of the molecule is O=C1CCC(CNC(=O)NC2C3CCC(C3)C2C(=O)O)N1. The van der Waals surface area contributed by atoms with Crippen molar-refractivity contribution in [1.29, 1.82) is 0 Å². The number of amides is 3. The van der Waals surface area contributed by atoms with Crippen LogP contribution in [0, 0.1) is 17.8 Å². The summed E-state index contributed by atoms with van der Waals surface area (Å²) in [5, 5.41) is 17.7. The quantitative estimate of drug-likeness (QED) is 0.588. The lowest BCUT2D eigenvalue weighted by Crippen LogP contribution is -2.51. The maximum Gasteiger partial charge on any atom is 0.315 e. The summed E-state index contributed by atoms with van der Waals surface area (Å²) in [7, 11) is 0. The zero-order valence-electron chi connectivity index (χ0n) is 11.8. The van der Waals surface area contributed by atoms with E-state index in [4.69, 9.17) is 0 Å². The van der Waals surface area contributed by atoms with Crippen molar-refractivity contribution >= 4 is 17.9 Å². The van der Waals surface area contributed by atoms with Gasteiger partial charge in [0, 0.05) is 25.0 Å². The number of carbonyl (C=O) groups is 3. The highest BCUT2D eigenvalue weighted by Gasteiger charge is 2.51. The lowest BCUT2D eigenvalue weighted by Gasteiger charge is -2.29. The van der Waals surface area contributed by atoms with Gasteiger partial charge in [-0.2, -0.15) is 0 Å². The van der Waals surface area contributed by atoms with E-state index in [0.717, 1.165) is 25.7 Å². The van der Waals surface area contributed by atoms with E-state index in [1.54, 1.807) is 0 Å². The van der Waals surface area contributed by atoms with Crippen LogP contribution in [0.1, 0.15) is 32.1 Å². The van der Waals surface area contributed by atoms with Crippen LogP contribution in [0.3, 0.4) is 0 Å². The highest BCUT2D eigenvalue weighted by Crippen LogP contribution is 2.48. The maximum atomic E-state index is 12.0. The zero-order valence-corrected chi connectivity index (χ0v) is 11.8. The fraction of sp³-hybridized carbons (Fsp3) is 0.786. The summed E-state index contributed by atoms with van der Waals surface area (Å²) >= 11 is 0. The zero-order chi connectivity index (χ0) is 15.0. The molecular formula is C14H21N3O4. The number of nitrogens with one attached hydrogen (secondary N) is 3. The standard InChI is InChI=1S/C14H21N3O4/c18-10-4-3-9(16-10)6-15-14(21)17-12-8-2-1-7(5-8)11(12)13(19)20/h7-9,11-12H,1-6H2,(H,16,18)(H,19,20)(H2,15,17,21). The normalized spacial score (nSPS) is 37.3. The molecule has 116 valence electrons. The Kier molecular flexibility index (Phi) is 3.73. The fourth-order valence-electron chi connectivity index (χ4n) is 4.10. The second-order valence-electron chi connectivity index (χ2n) is 6.38. The number of urea groups is 1. The number of hydrogen-bond acceptors (Lipinski definition) is 3. The minimum atomic E-state index is -0.810. The van der Waals surface area contributed by atoms with Crippen LogP contribution in [0.15, 0.2) is 0 Å². The minimum Gasteiger partial charge on any atom is -0.481 e. The second-order valence-corrected chi connectivity index (χ2v) is 6.38. The number of carboxylic acid groups (broad SMARTS) is 1. The van der Waals surface area contributed by atoms with Crippen molar-refractivity contribution in [3.05, 3.63) is 0 Å². The van der Waals surface area contributed by atoms with Gasteiger partial charge in [-0.15, -0.1) is 0 Å². The summed E-state index contributed by atoms with van der Waals surface area (Å²) in [6.07, 6.45) is 4.08. The molecule has 0 aromatic heterocycles. The molecule has 5 atom stereocenters. The van der Waals surface area contributed by atoms with Gasteiger partial charge in [-0.1, -0.05) is 0 Å². The molecule has 1 heterocycles. The number of hydrogen-bond donors (Lipinski definition) is 4. The summed E-state index contributed by atoms with van der Waals surface area (Å²) in [5.41, 5.74) is 0. The summed E-state index contributed by atoms with van der Waals surface area (Å²) in [6, 6.07) is -0.613. The van der Waals surface area contributed by atoms with Crippen LogP contribution in [0.2, 0.25) is 0 Å². The first-order chi connectivity index (χ1) is 10.0. The van der Waals surface area contributed by atoms with Gasteiger partial charge in [0.2, 0.25) is 5.91 Å². The van der Waals surface area contributed by atoms with E-state index in [0.29, 0.717) is 13.0 Å². The molecule has 2 aliphatic carbocycles. The Labute approximate surface area is 122 Å². The molecular weight excluding hydrogens is 274 g/mol. The predicted molar refractivity (Wildman–Crippen MR) is 73.4 cm³/mol. The van der Waals surface area contributed by atoms with Crippen LogP contribution < -0.4 is 16.0 Å². The van der Waals surface area contributed by atoms with Gasteiger partial charge < -0.3 is 21.1 Å². The molecule has 0 aromatic carbocycles. The van der Waals surface area contributed by atoms with Gasteiger partial charge in [0.15, 0.2) is 0 Å². The van der Waals surface area contributed by atoms with Crippen molar-refractivity contribution in [2.75, 3.05) is 6.54 Å². The molecule has 0 radical (unpaired) electrons. The highest BCUT2D eigenvalue weighted by atomic mass is 16.4. The average molecular weight is 295 g/mol. The first-order valence-electron chi connectivity index (χ1n) is 7.61. The molecule has 5 unspecified atom stereocenters. The van der Waals surface area contributed by atoms with Crippen molar-refractivity contribution in [2.45, 2.75) is 44.2 Å². The first-order valence-corrected chi connectivity index (χ1v) is 7.61. The van der Waals surface area contributed by atoms with E-state index in [2.05, 4.69) is 16.0 Å². The summed E-state index contributed by atoms with van der Waals surface area (Å²) < 4.78 is 0. The Hall–Kier alpha value is -1.79. The van der Waals surface area contributed by atoms with E-state index in [-0.39, 0.29) is 35.9 Å². The van der Waals surface area contributed by atoms with Gasteiger partial charge in [-0.3, -0.25) is 9.59 Å².